The summed E-state index contributed by atoms with van der Waals surface area (Å²) in [5, 5.41) is 16.8. The van der Waals surface area contributed by atoms with Gasteiger partial charge in [-0.25, -0.2) is 4.98 Å². The van der Waals surface area contributed by atoms with Crippen molar-refractivity contribution in [2.75, 3.05) is 6.61 Å². The lowest BCUT2D eigenvalue weighted by Gasteiger charge is -2.17. The van der Waals surface area contributed by atoms with E-state index in [-0.39, 0.29) is 12.6 Å². The summed E-state index contributed by atoms with van der Waals surface area (Å²) in [5.41, 5.74) is 3.09. The van der Waals surface area contributed by atoms with Gasteiger partial charge in [-0.2, -0.15) is 11.3 Å². The van der Waals surface area contributed by atoms with Crippen molar-refractivity contribution in [3.05, 3.63) is 64.2 Å². The normalized spacial score (nSPS) is 12.4. The molecule has 0 saturated carbocycles. The van der Waals surface area contributed by atoms with Crippen molar-refractivity contribution < 1.29 is 9.52 Å². The minimum absolute atomic E-state index is 0.0990. The predicted molar refractivity (Wildman–Crippen MR) is 92.3 cm³/mol. The van der Waals surface area contributed by atoms with Gasteiger partial charge in [-0.15, -0.1) is 0 Å². The van der Waals surface area contributed by atoms with Crippen molar-refractivity contribution in [1.82, 2.24) is 10.3 Å². The Hall–Kier alpha value is -1.95. The maximum absolute atomic E-state index is 9.31. The number of nitrogens with one attached hydrogen (secondary N) is 1. The fourth-order valence-electron chi connectivity index (χ4n) is 2.52. The summed E-state index contributed by atoms with van der Waals surface area (Å²) >= 11 is 1.63. The van der Waals surface area contributed by atoms with Gasteiger partial charge in [-0.1, -0.05) is 30.3 Å². The second-order valence-electron chi connectivity index (χ2n) is 5.39. The Morgan fingerprint density at radius 3 is 2.78 bits per heavy atom. The van der Waals surface area contributed by atoms with Gasteiger partial charge in [-0.3, -0.25) is 0 Å². The highest BCUT2D eigenvalue weighted by molar-refractivity contribution is 7.08. The summed E-state index contributed by atoms with van der Waals surface area (Å²) in [5.74, 6) is 1.49. The van der Waals surface area contributed by atoms with Crippen LogP contribution in [0.4, 0.5) is 0 Å². The number of rotatable bonds is 7. The first kappa shape index (κ1) is 15.9. The Bertz CT molecular complexity index is 723. The van der Waals surface area contributed by atoms with Gasteiger partial charge in [-0.05, 0) is 30.4 Å². The molecule has 120 valence electrons. The van der Waals surface area contributed by atoms with Crippen LogP contribution >= 0.6 is 11.3 Å². The molecule has 5 heteroatoms. The van der Waals surface area contributed by atoms with E-state index in [1.54, 1.807) is 11.3 Å². The Morgan fingerprint density at radius 1 is 1.26 bits per heavy atom. The average Bonchev–Trinajstić information content (AvgIpc) is 3.22. The van der Waals surface area contributed by atoms with Crippen LogP contribution in [0.3, 0.4) is 0 Å². The molecule has 0 fully saturated rings. The van der Waals surface area contributed by atoms with Crippen molar-refractivity contribution in [2.24, 2.45) is 0 Å². The molecule has 1 aromatic carbocycles. The largest absolute Gasteiger partial charge is 0.441 e. The van der Waals surface area contributed by atoms with Gasteiger partial charge in [0.05, 0.1) is 5.69 Å². The van der Waals surface area contributed by atoms with E-state index in [0.717, 1.165) is 17.0 Å². The van der Waals surface area contributed by atoms with E-state index in [1.807, 2.05) is 41.9 Å². The minimum atomic E-state index is 0.0990. The summed E-state index contributed by atoms with van der Waals surface area (Å²) in [6, 6.07) is 12.3. The molecule has 0 saturated heterocycles. The molecule has 0 aliphatic carbocycles. The fourth-order valence-corrected chi connectivity index (χ4v) is 3.15. The van der Waals surface area contributed by atoms with Crippen LogP contribution in [0.2, 0.25) is 0 Å². The van der Waals surface area contributed by atoms with Crippen molar-refractivity contribution in [2.45, 2.75) is 25.9 Å². The number of thiophene rings is 1. The zero-order chi connectivity index (χ0) is 16.1. The van der Waals surface area contributed by atoms with Crippen molar-refractivity contribution in [3.63, 3.8) is 0 Å². The highest BCUT2D eigenvalue weighted by Crippen LogP contribution is 2.24. The first-order valence-corrected chi connectivity index (χ1v) is 8.60. The first-order valence-electron chi connectivity index (χ1n) is 7.66. The van der Waals surface area contributed by atoms with Crippen molar-refractivity contribution >= 4 is 11.3 Å². The molecular formula is C18H20N2O2S. The van der Waals surface area contributed by atoms with E-state index >= 15 is 0 Å². The molecule has 2 heterocycles. The number of aromatic nitrogens is 1. The molecule has 1 unspecified atom stereocenters. The predicted octanol–water partition coefficient (Wildman–Crippen LogP) is 3.92. The smallest absolute Gasteiger partial charge is 0.227 e. The van der Waals surface area contributed by atoms with Crippen LogP contribution in [0, 0.1) is 6.92 Å². The van der Waals surface area contributed by atoms with Gasteiger partial charge in [0.15, 0.2) is 0 Å². The van der Waals surface area contributed by atoms with E-state index in [9.17, 15) is 5.11 Å². The monoisotopic (exact) mass is 328 g/mol. The van der Waals surface area contributed by atoms with Crippen LogP contribution in [-0.2, 0) is 6.54 Å². The van der Waals surface area contributed by atoms with Gasteiger partial charge in [0.2, 0.25) is 5.89 Å². The van der Waals surface area contributed by atoms with E-state index in [2.05, 4.69) is 22.4 Å². The van der Waals surface area contributed by atoms with Gasteiger partial charge < -0.3 is 14.8 Å². The van der Waals surface area contributed by atoms with Gasteiger partial charge in [0.1, 0.15) is 5.76 Å². The molecule has 3 aromatic rings. The summed E-state index contributed by atoms with van der Waals surface area (Å²) in [6.45, 7) is 2.69. The quantitative estimate of drug-likeness (QED) is 0.690. The van der Waals surface area contributed by atoms with E-state index in [0.29, 0.717) is 18.9 Å². The lowest BCUT2D eigenvalue weighted by molar-refractivity contribution is 0.265. The number of aliphatic hydroxyl groups is 1. The molecular weight excluding hydrogens is 308 g/mol. The number of nitrogens with zero attached hydrogens (tertiary/aromatic N) is 1. The number of hydrogen-bond acceptors (Lipinski definition) is 5. The first-order chi connectivity index (χ1) is 11.3. The minimum Gasteiger partial charge on any atom is -0.441 e. The molecule has 0 aliphatic heterocycles. The Labute approximate surface area is 139 Å². The molecule has 23 heavy (non-hydrogen) atoms. The Kier molecular flexibility index (Phi) is 5.23. The van der Waals surface area contributed by atoms with Crippen LogP contribution in [0.1, 0.15) is 29.5 Å². The molecule has 0 spiro atoms. The molecule has 1 atom stereocenters. The fraction of sp³-hybridized carbons (Fsp3) is 0.278. The molecule has 0 radical (unpaired) electrons. The van der Waals surface area contributed by atoms with Crippen LogP contribution in [0.5, 0.6) is 0 Å². The highest BCUT2D eigenvalue weighted by Gasteiger charge is 2.15. The summed E-state index contributed by atoms with van der Waals surface area (Å²) in [7, 11) is 0. The molecule has 0 bridgehead atoms. The van der Waals surface area contributed by atoms with Crippen LogP contribution in [-0.4, -0.2) is 16.7 Å². The number of hydrogen-bond donors (Lipinski definition) is 2. The van der Waals surface area contributed by atoms with Gasteiger partial charge in [0.25, 0.3) is 0 Å². The van der Waals surface area contributed by atoms with Crippen LogP contribution < -0.4 is 5.32 Å². The lowest BCUT2D eigenvalue weighted by Crippen LogP contribution is -2.22. The molecule has 3 rings (SSSR count). The van der Waals surface area contributed by atoms with Crippen molar-refractivity contribution in [1.29, 1.82) is 0 Å². The van der Waals surface area contributed by atoms with E-state index in [4.69, 9.17) is 4.42 Å². The third-order valence-corrected chi connectivity index (χ3v) is 4.48. The van der Waals surface area contributed by atoms with E-state index < -0.39 is 0 Å². The lowest BCUT2D eigenvalue weighted by atomic mass is 10.0. The molecule has 2 aromatic heterocycles. The van der Waals surface area contributed by atoms with Crippen molar-refractivity contribution in [3.8, 4) is 11.5 Å². The maximum atomic E-state index is 9.31. The highest BCUT2D eigenvalue weighted by atomic mass is 32.1. The average molecular weight is 328 g/mol. The van der Waals surface area contributed by atoms with Crippen LogP contribution in [0.15, 0.2) is 51.6 Å². The number of aliphatic hydroxyl groups excluding tert-OH is 1. The Balaban J connectivity index is 1.71. The third-order valence-electron chi connectivity index (χ3n) is 3.80. The van der Waals surface area contributed by atoms with Crippen LogP contribution in [0.25, 0.3) is 11.5 Å². The Morgan fingerprint density at radius 2 is 2.09 bits per heavy atom. The summed E-state index contributed by atoms with van der Waals surface area (Å²) in [4.78, 5) is 4.59. The van der Waals surface area contributed by atoms with Gasteiger partial charge in [0, 0.05) is 30.1 Å². The second kappa shape index (κ2) is 7.55. The van der Waals surface area contributed by atoms with Gasteiger partial charge >= 0.3 is 0 Å². The molecule has 0 amide bonds. The number of benzene rings is 1. The zero-order valence-electron chi connectivity index (χ0n) is 13.0. The molecule has 0 aliphatic rings. The molecule has 2 N–H and O–H groups in total. The summed E-state index contributed by atoms with van der Waals surface area (Å²) < 4.78 is 5.76. The van der Waals surface area contributed by atoms with E-state index in [1.165, 1.54) is 5.56 Å². The third kappa shape index (κ3) is 3.88. The molecule has 4 nitrogen and oxygen atoms in total. The SMILES string of the molecule is Cc1oc(-c2ccsc2)nc1CNC(CCO)c1ccccc1. The number of oxazole rings is 1. The second-order valence-corrected chi connectivity index (χ2v) is 6.17. The standard InChI is InChI=1S/C18H20N2O2S/c1-13-17(20-18(22-13)15-8-10-23-12-15)11-19-16(7-9-21)14-5-3-2-4-6-14/h2-6,8,10,12,16,19,21H,7,9,11H2,1H3. The zero-order valence-corrected chi connectivity index (χ0v) is 13.8. The summed E-state index contributed by atoms with van der Waals surface area (Å²) in [6.07, 6.45) is 0.665. The topological polar surface area (TPSA) is 58.3 Å². The maximum Gasteiger partial charge on any atom is 0.227 e. The number of aryl methyl sites for hydroxylation is 1.